The van der Waals surface area contributed by atoms with Crippen LogP contribution in [0.3, 0.4) is 0 Å². The standard InChI is InChI=1S/C14H13ClN4O/c1-9-11(5-4-10(7-16)13(9)15)19-6-2-3-12(19)14-18-17-8-20-14/h4-5,8,12H,2-3,6H2,1H3/p+1. The highest BCUT2D eigenvalue weighted by atomic mass is 35.5. The van der Waals surface area contributed by atoms with Crippen molar-refractivity contribution in [3.63, 3.8) is 0 Å². The first-order valence-electron chi connectivity index (χ1n) is 6.49. The second-order valence-electron chi connectivity index (χ2n) is 4.85. The molecule has 1 aromatic heterocycles. The van der Waals surface area contributed by atoms with E-state index in [1.165, 1.54) is 6.39 Å². The fourth-order valence-electron chi connectivity index (χ4n) is 2.74. The maximum Gasteiger partial charge on any atom is 0.359 e. The predicted molar refractivity (Wildman–Crippen MR) is 73.3 cm³/mol. The highest BCUT2D eigenvalue weighted by Crippen LogP contribution is 2.39. The lowest BCUT2D eigenvalue weighted by Crippen LogP contribution is -2.24. The molecule has 2 heterocycles. The number of hydrogen-bond acceptors (Lipinski definition) is 4. The number of aromatic amines is 1. The van der Waals surface area contributed by atoms with Crippen molar-refractivity contribution in [1.29, 1.82) is 5.26 Å². The molecule has 5 nitrogen and oxygen atoms in total. The van der Waals surface area contributed by atoms with Crippen LogP contribution in [0.25, 0.3) is 0 Å². The molecule has 0 aliphatic carbocycles. The van der Waals surface area contributed by atoms with Gasteiger partial charge in [-0.2, -0.15) is 5.26 Å². The number of nitriles is 1. The zero-order valence-electron chi connectivity index (χ0n) is 11.1. The van der Waals surface area contributed by atoms with Crippen molar-refractivity contribution in [3.05, 3.63) is 40.6 Å². The van der Waals surface area contributed by atoms with Crippen molar-refractivity contribution in [2.75, 3.05) is 11.4 Å². The molecular formula is C14H14ClN4O+. The van der Waals surface area contributed by atoms with Crippen LogP contribution in [-0.4, -0.2) is 11.6 Å². The zero-order valence-corrected chi connectivity index (χ0v) is 11.8. The van der Waals surface area contributed by atoms with Crippen LogP contribution in [0.2, 0.25) is 5.02 Å². The molecule has 1 N–H and O–H groups in total. The fraction of sp³-hybridized carbons (Fsp3) is 0.357. The first kappa shape index (κ1) is 12.9. The summed E-state index contributed by atoms with van der Waals surface area (Å²) >= 11 is 6.26. The van der Waals surface area contributed by atoms with Gasteiger partial charge in [-0.3, -0.25) is 0 Å². The van der Waals surface area contributed by atoms with E-state index in [9.17, 15) is 0 Å². The lowest BCUT2D eigenvalue weighted by Gasteiger charge is -2.26. The maximum atomic E-state index is 9.02. The number of anilines is 1. The van der Waals surface area contributed by atoms with E-state index in [-0.39, 0.29) is 6.04 Å². The monoisotopic (exact) mass is 289 g/mol. The highest BCUT2D eigenvalue weighted by molar-refractivity contribution is 6.32. The third-order valence-electron chi connectivity index (χ3n) is 3.73. The van der Waals surface area contributed by atoms with Gasteiger partial charge in [0.05, 0.1) is 10.6 Å². The van der Waals surface area contributed by atoms with Crippen LogP contribution >= 0.6 is 11.6 Å². The quantitative estimate of drug-likeness (QED) is 0.852. The van der Waals surface area contributed by atoms with Crippen LogP contribution in [0.1, 0.15) is 35.9 Å². The molecule has 3 rings (SSSR count). The van der Waals surface area contributed by atoms with E-state index in [0.717, 1.165) is 30.6 Å². The van der Waals surface area contributed by atoms with Gasteiger partial charge in [0.15, 0.2) is 0 Å². The minimum atomic E-state index is 0.115. The van der Waals surface area contributed by atoms with Crippen molar-refractivity contribution in [2.45, 2.75) is 25.8 Å². The molecule has 1 aliphatic heterocycles. The predicted octanol–water partition coefficient (Wildman–Crippen LogP) is 2.66. The van der Waals surface area contributed by atoms with Crippen molar-refractivity contribution in [2.24, 2.45) is 0 Å². The molecule has 2 aromatic rings. The van der Waals surface area contributed by atoms with Crippen molar-refractivity contribution < 1.29 is 9.52 Å². The Hall–Kier alpha value is -2.06. The smallest absolute Gasteiger partial charge is 0.359 e. The maximum absolute atomic E-state index is 9.02. The summed E-state index contributed by atoms with van der Waals surface area (Å²) in [7, 11) is 0. The molecule has 1 atom stereocenters. The van der Waals surface area contributed by atoms with E-state index < -0.39 is 0 Å². The van der Waals surface area contributed by atoms with Crippen LogP contribution < -0.4 is 10.00 Å². The van der Waals surface area contributed by atoms with Gasteiger partial charge in [0, 0.05) is 17.3 Å². The summed E-state index contributed by atoms with van der Waals surface area (Å²) in [6, 6.07) is 5.94. The Morgan fingerprint density at radius 3 is 3.10 bits per heavy atom. The Labute approximate surface area is 121 Å². The summed E-state index contributed by atoms with van der Waals surface area (Å²) in [5.41, 5.74) is 2.47. The van der Waals surface area contributed by atoms with Gasteiger partial charge >= 0.3 is 6.39 Å². The van der Waals surface area contributed by atoms with Gasteiger partial charge in [-0.05, 0) is 37.5 Å². The Bertz CT molecular complexity index is 663. The molecule has 1 unspecified atom stereocenters. The van der Waals surface area contributed by atoms with Crippen LogP contribution in [0, 0.1) is 18.3 Å². The first-order valence-corrected chi connectivity index (χ1v) is 6.87. The van der Waals surface area contributed by atoms with Crippen LogP contribution in [-0.2, 0) is 0 Å². The minimum Gasteiger partial charge on any atom is -0.386 e. The summed E-state index contributed by atoms with van der Waals surface area (Å²) < 4.78 is 5.39. The van der Waals surface area contributed by atoms with Crippen molar-refractivity contribution >= 4 is 17.3 Å². The van der Waals surface area contributed by atoms with Gasteiger partial charge in [0.25, 0.3) is 5.89 Å². The number of halogens is 1. The van der Waals surface area contributed by atoms with Gasteiger partial charge < -0.3 is 9.32 Å². The molecule has 1 fully saturated rings. The number of rotatable bonds is 2. The van der Waals surface area contributed by atoms with Gasteiger partial charge in [-0.1, -0.05) is 16.7 Å². The highest BCUT2D eigenvalue weighted by Gasteiger charge is 2.32. The summed E-state index contributed by atoms with van der Waals surface area (Å²) in [4.78, 5) is 2.24. The first-order chi connectivity index (χ1) is 9.72. The van der Waals surface area contributed by atoms with Crippen molar-refractivity contribution in [1.82, 2.24) is 5.10 Å². The molecule has 102 valence electrons. The number of nitrogens with one attached hydrogen (secondary N) is 1. The van der Waals surface area contributed by atoms with Gasteiger partial charge in [-0.25, -0.2) is 0 Å². The molecule has 1 saturated heterocycles. The molecular weight excluding hydrogens is 276 g/mol. The lowest BCUT2D eigenvalue weighted by atomic mass is 10.1. The Balaban J connectivity index is 2.01. The molecule has 0 saturated carbocycles. The second-order valence-corrected chi connectivity index (χ2v) is 5.23. The average Bonchev–Trinajstić information content (AvgIpc) is 3.11. The van der Waals surface area contributed by atoms with E-state index in [0.29, 0.717) is 16.5 Å². The topological polar surface area (TPSA) is 67.2 Å². The molecule has 6 heteroatoms. The second kappa shape index (κ2) is 5.14. The minimum absolute atomic E-state index is 0.115. The Kier molecular flexibility index (Phi) is 3.33. The van der Waals surface area contributed by atoms with Gasteiger partial charge in [-0.15, -0.1) is 0 Å². The Morgan fingerprint density at radius 2 is 2.40 bits per heavy atom. The normalized spacial score (nSPS) is 18.2. The molecule has 0 bridgehead atoms. The van der Waals surface area contributed by atoms with Gasteiger partial charge in [0.1, 0.15) is 12.1 Å². The summed E-state index contributed by atoms with van der Waals surface area (Å²) in [5.74, 6) is 0.683. The molecule has 0 amide bonds. The molecule has 0 spiro atoms. The Morgan fingerprint density at radius 1 is 1.55 bits per heavy atom. The van der Waals surface area contributed by atoms with Crippen molar-refractivity contribution in [3.8, 4) is 6.07 Å². The number of H-pyrrole nitrogens is 1. The molecule has 20 heavy (non-hydrogen) atoms. The largest absolute Gasteiger partial charge is 0.386 e. The van der Waals surface area contributed by atoms with E-state index in [2.05, 4.69) is 21.2 Å². The number of aromatic nitrogens is 2. The SMILES string of the molecule is Cc1c(N2CCCC2c2n[nH+]co2)ccc(C#N)c1Cl. The fourth-order valence-corrected chi connectivity index (χ4v) is 2.94. The summed E-state index contributed by atoms with van der Waals surface area (Å²) in [5, 5.41) is 16.4. The van der Waals surface area contributed by atoms with E-state index in [4.69, 9.17) is 21.3 Å². The number of benzene rings is 1. The number of hydrogen-bond donors (Lipinski definition) is 0. The lowest BCUT2D eigenvalue weighted by molar-refractivity contribution is -0.456. The zero-order chi connectivity index (χ0) is 14.1. The third-order valence-corrected chi connectivity index (χ3v) is 4.22. The molecule has 1 aromatic carbocycles. The van der Waals surface area contributed by atoms with Gasteiger partial charge in [0.2, 0.25) is 0 Å². The van der Waals surface area contributed by atoms with E-state index in [1.807, 2.05) is 13.0 Å². The molecule has 0 radical (unpaired) electrons. The number of nitrogens with zero attached hydrogens (tertiary/aromatic N) is 3. The third kappa shape index (κ3) is 2.02. The van der Waals surface area contributed by atoms with E-state index >= 15 is 0 Å². The van der Waals surface area contributed by atoms with E-state index in [1.54, 1.807) is 6.07 Å². The van der Waals surface area contributed by atoms with Crippen LogP contribution in [0.15, 0.2) is 22.9 Å². The summed E-state index contributed by atoms with van der Waals surface area (Å²) in [6.45, 7) is 2.87. The molecule has 1 aliphatic rings. The van der Waals surface area contributed by atoms with Crippen LogP contribution in [0.4, 0.5) is 5.69 Å². The summed E-state index contributed by atoms with van der Waals surface area (Å²) in [6.07, 6.45) is 3.54. The van der Waals surface area contributed by atoms with Crippen LogP contribution in [0.5, 0.6) is 0 Å². The average molecular weight is 290 g/mol.